The molecule has 0 saturated carbocycles. The number of anilines is 1. The lowest BCUT2D eigenvalue weighted by atomic mass is 10.1. The summed E-state index contributed by atoms with van der Waals surface area (Å²) in [7, 11) is 0. The third-order valence-corrected chi connectivity index (χ3v) is 3.50. The number of aryl methyl sites for hydroxylation is 1. The van der Waals surface area contributed by atoms with Gasteiger partial charge in [-0.2, -0.15) is 0 Å². The van der Waals surface area contributed by atoms with Crippen molar-refractivity contribution in [2.24, 2.45) is 0 Å². The van der Waals surface area contributed by atoms with Crippen molar-refractivity contribution in [3.63, 3.8) is 0 Å². The molecule has 2 amide bonds. The topological polar surface area (TPSA) is 61.4 Å². The molecule has 0 heterocycles. The Hall–Kier alpha value is -2.04. The van der Waals surface area contributed by atoms with Crippen LogP contribution < -0.4 is 10.6 Å². The van der Waals surface area contributed by atoms with Gasteiger partial charge in [-0.3, -0.25) is 0 Å². The summed E-state index contributed by atoms with van der Waals surface area (Å²) in [5, 5.41) is 15.9. The summed E-state index contributed by atoms with van der Waals surface area (Å²) < 4.78 is 0. The molecule has 5 heteroatoms. The fourth-order valence-electron chi connectivity index (χ4n) is 2.06. The van der Waals surface area contributed by atoms with Crippen molar-refractivity contribution in [3.05, 3.63) is 64.7 Å². The van der Waals surface area contributed by atoms with Crippen molar-refractivity contribution in [1.82, 2.24) is 5.32 Å². The van der Waals surface area contributed by atoms with E-state index in [-0.39, 0.29) is 12.6 Å². The molecule has 1 atom stereocenters. The monoisotopic (exact) mass is 318 g/mol. The Morgan fingerprint density at radius 2 is 1.95 bits per heavy atom. The zero-order chi connectivity index (χ0) is 15.9. The number of amides is 2. The highest BCUT2D eigenvalue weighted by Crippen LogP contribution is 2.19. The van der Waals surface area contributed by atoms with Gasteiger partial charge in [-0.05, 0) is 30.2 Å². The zero-order valence-corrected chi connectivity index (χ0v) is 13.1. The molecule has 0 aromatic heterocycles. The maximum atomic E-state index is 11.9. The molecular formula is C17H19ClN2O2. The summed E-state index contributed by atoms with van der Waals surface area (Å²) in [6.07, 6.45) is -0.134. The van der Waals surface area contributed by atoms with Gasteiger partial charge in [-0.15, -0.1) is 0 Å². The molecular weight excluding hydrogens is 300 g/mol. The highest BCUT2D eigenvalue weighted by atomic mass is 35.5. The molecule has 2 aromatic carbocycles. The quantitative estimate of drug-likeness (QED) is 0.791. The van der Waals surface area contributed by atoms with Crippen molar-refractivity contribution in [3.8, 4) is 0 Å². The number of nitrogens with one attached hydrogen (secondary N) is 2. The normalized spacial score (nSPS) is 11.8. The van der Waals surface area contributed by atoms with Crippen LogP contribution in [0.1, 0.15) is 11.1 Å². The number of aliphatic hydroxyl groups is 1. The van der Waals surface area contributed by atoms with Crippen LogP contribution in [0.2, 0.25) is 5.02 Å². The molecule has 0 spiro atoms. The Morgan fingerprint density at radius 1 is 1.23 bits per heavy atom. The standard InChI is InChI=1S/C17H19ClN2O2/c1-12-7-8-14(18)10-16(12)20-17(22)19-11-15(21)9-13-5-3-2-4-6-13/h2-8,10,15,21H,9,11H2,1H3,(H2,19,20,22). The number of aliphatic hydroxyl groups excluding tert-OH is 1. The van der Waals surface area contributed by atoms with E-state index < -0.39 is 6.10 Å². The van der Waals surface area contributed by atoms with E-state index in [9.17, 15) is 9.90 Å². The first-order valence-corrected chi connectivity index (χ1v) is 7.45. The molecule has 4 nitrogen and oxygen atoms in total. The van der Waals surface area contributed by atoms with Gasteiger partial charge in [-0.1, -0.05) is 48.0 Å². The molecule has 116 valence electrons. The van der Waals surface area contributed by atoms with Gasteiger partial charge in [0, 0.05) is 23.7 Å². The number of halogens is 1. The van der Waals surface area contributed by atoms with E-state index in [0.717, 1.165) is 11.1 Å². The van der Waals surface area contributed by atoms with E-state index >= 15 is 0 Å². The molecule has 2 rings (SSSR count). The Labute approximate surface area is 135 Å². The average molecular weight is 319 g/mol. The van der Waals surface area contributed by atoms with Gasteiger partial charge in [0.1, 0.15) is 0 Å². The molecule has 0 aliphatic rings. The number of hydrogen-bond acceptors (Lipinski definition) is 2. The van der Waals surface area contributed by atoms with Crippen LogP contribution in [0.5, 0.6) is 0 Å². The second kappa shape index (κ2) is 7.82. The number of benzene rings is 2. The first-order valence-electron chi connectivity index (χ1n) is 7.07. The highest BCUT2D eigenvalue weighted by molar-refractivity contribution is 6.31. The number of carbonyl (C=O) groups is 1. The third kappa shape index (κ3) is 5.06. The fraction of sp³-hybridized carbons (Fsp3) is 0.235. The van der Waals surface area contributed by atoms with Crippen LogP contribution in [0.3, 0.4) is 0 Å². The summed E-state index contributed by atoms with van der Waals surface area (Å²) in [4.78, 5) is 11.9. The minimum absolute atomic E-state index is 0.181. The second-order valence-corrected chi connectivity index (χ2v) is 5.57. The number of rotatable bonds is 5. The molecule has 0 radical (unpaired) electrons. The van der Waals surface area contributed by atoms with E-state index in [1.807, 2.05) is 43.3 Å². The molecule has 3 N–H and O–H groups in total. The van der Waals surface area contributed by atoms with Gasteiger partial charge in [0.2, 0.25) is 0 Å². The summed E-state index contributed by atoms with van der Waals surface area (Å²) in [5.74, 6) is 0. The van der Waals surface area contributed by atoms with Crippen molar-refractivity contribution >= 4 is 23.3 Å². The van der Waals surface area contributed by atoms with Crippen LogP contribution in [-0.2, 0) is 6.42 Å². The number of hydrogen-bond donors (Lipinski definition) is 3. The van der Waals surface area contributed by atoms with Gasteiger partial charge >= 0.3 is 6.03 Å². The van der Waals surface area contributed by atoms with Crippen LogP contribution in [0.15, 0.2) is 48.5 Å². The highest BCUT2D eigenvalue weighted by Gasteiger charge is 2.09. The van der Waals surface area contributed by atoms with Crippen LogP contribution in [0.4, 0.5) is 10.5 Å². The average Bonchev–Trinajstić information content (AvgIpc) is 2.50. The molecule has 0 aliphatic carbocycles. The van der Waals surface area contributed by atoms with Gasteiger partial charge in [0.05, 0.1) is 6.10 Å². The van der Waals surface area contributed by atoms with Gasteiger partial charge < -0.3 is 15.7 Å². The Morgan fingerprint density at radius 3 is 2.68 bits per heavy atom. The second-order valence-electron chi connectivity index (χ2n) is 5.14. The van der Waals surface area contributed by atoms with Gasteiger partial charge in [0.15, 0.2) is 0 Å². The van der Waals surface area contributed by atoms with E-state index in [1.54, 1.807) is 12.1 Å². The largest absolute Gasteiger partial charge is 0.391 e. The Kier molecular flexibility index (Phi) is 5.81. The van der Waals surface area contributed by atoms with Crippen molar-refractivity contribution in [2.45, 2.75) is 19.4 Å². The number of carbonyl (C=O) groups excluding carboxylic acids is 1. The van der Waals surface area contributed by atoms with E-state index in [2.05, 4.69) is 10.6 Å². The summed E-state index contributed by atoms with van der Waals surface area (Å²) in [6.45, 7) is 2.07. The molecule has 2 aromatic rings. The van der Waals surface area contributed by atoms with Gasteiger partial charge in [-0.25, -0.2) is 4.79 Å². The SMILES string of the molecule is Cc1ccc(Cl)cc1NC(=O)NCC(O)Cc1ccccc1. The van der Waals surface area contributed by atoms with E-state index in [4.69, 9.17) is 11.6 Å². The predicted molar refractivity (Wildman–Crippen MR) is 89.4 cm³/mol. The van der Waals surface area contributed by atoms with E-state index in [0.29, 0.717) is 17.1 Å². The maximum absolute atomic E-state index is 11.9. The number of urea groups is 1. The molecule has 0 fully saturated rings. The fourth-order valence-corrected chi connectivity index (χ4v) is 2.24. The molecule has 0 bridgehead atoms. The summed E-state index contributed by atoms with van der Waals surface area (Å²) in [5.41, 5.74) is 2.61. The van der Waals surface area contributed by atoms with Crippen LogP contribution >= 0.6 is 11.6 Å². The van der Waals surface area contributed by atoms with Gasteiger partial charge in [0.25, 0.3) is 0 Å². The van der Waals surface area contributed by atoms with E-state index in [1.165, 1.54) is 0 Å². The van der Waals surface area contributed by atoms with Crippen molar-refractivity contribution in [2.75, 3.05) is 11.9 Å². The lowest BCUT2D eigenvalue weighted by Gasteiger charge is -2.14. The smallest absolute Gasteiger partial charge is 0.319 e. The summed E-state index contributed by atoms with van der Waals surface area (Å²) in [6, 6.07) is 14.6. The lowest BCUT2D eigenvalue weighted by Crippen LogP contribution is -2.36. The van der Waals surface area contributed by atoms with Crippen molar-refractivity contribution < 1.29 is 9.90 Å². The minimum Gasteiger partial charge on any atom is -0.391 e. The lowest BCUT2D eigenvalue weighted by molar-refractivity contribution is 0.172. The maximum Gasteiger partial charge on any atom is 0.319 e. The van der Waals surface area contributed by atoms with Crippen molar-refractivity contribution in [1.29, 1.82) is 0 Å². The minimum atomic E-state index is -0.631. The molecule has 0 aliphatic heterocycles. The molecule has 1 unspecified atom stereocenters. The van der Waals surface area contributed by atoms with Crippen LogP contribution in [0, 0.1) is 6.92 Å². The zero-order valence-electron chi connectivity index (χ0n) is 12.3. The van der Waals surface area contributed by atoms with Crippen LogP contribution in [0.25, 0.3) is 0 Å². The first kappa shape index (κ1) is 16.3. The summed E-state index contributed by atoms with van der Waals surface area (Å²) >= 11 is 5.91. The van der Waals surface area contributed by atoms with Crippen LogP contribution in [-0.4, -0.2) is 23.8 Å². The third-order valence-electron chi connectivity index (χ3n) is 3.26. The molecule has 22 heavy (non-hydrogen) atoms. The Balaban J connectivity index is 1.81. The molecule has 0 saturated heterocycles. The first-order chi connectivity index (χ1) is 10.5. The predicted octanol–water partition coefficient (Wildman–Crippen LogP) is 3.37. The Bertz CT molecular complexity index is 632.